The lowest BCUT2D eigenvalue weighted by Crippen LogP contribution is -2.36. The Hall–Kier alpha value is -0.910. The van der Waals surface area contributed by atoms with E-state index in [-0.39, 0.29) is 24.1 Å². The molecule has 0 saturated heterocycles. The van der Waals surface area contributed by atoms with E-state index in [4.69, 9.17) is 15.6 Å². The Morgan fingerprint density at radius 1 is 1.28 bits per heavy atom. The molecular weight excluding hydrogens is 264 g/mol. The normalized spacial score (nSPS) is 13.1. The number of alkyl halides is 2. The molecule has 3 N–H and O–H groups in total. The van der Waals surface area contributed by atoms with Gasteiger partial charge in [-0.25, -0.2) is 8.78 Å². The van der Waals surface area contributed by atoms with Crippen LogP contribution in [0.25, 0.3) is 0 Å². The number of aliphatic hydroxyl groups is 1. The second-order valence-corrected chi connectivity index (χ2v) is 4.13. The van der Waals surface area contributed by atoms with Crippen molar-refractivity contribution in [3.63, 3.8) is 0 Å². The number of hydrogen-bond donors (Lipinski definition) is 2. The highest BCUT2D eigenvalue weighted by atomic mass is 35.5. The van der Waals surface area contributed by atoms with Crippen molar-refractivity contribution in [2.75, 3.05) is 6.61 Å². The number of ether oxygens (including phenoxy) is 1. The van der Waals surface area contributed by atoms with Crippen LogP contribution in [-0.4, -0.2) is 23.7 Å². The van der Waals surface area contributed by atoms with E-state index in [2.05, 4.69) is 0 Å². The van der Waals surface area contributed by atoms with Crippen LogP contribution in [0.2, 0.25) is 0 Å². The summed E-state index contributed by atoms with van der Waals surface area (Å²) in [5.41, 5.74) is 5.65. The highest BCUT2D eigenvalue weighted by Gasteiger charge is 2.37. The highest BCUT2D eigenvalue weighted by molar-refractivity contribution is 5.85. The first-order valence-corrected chi connectivity index (χ1v) is 5.37. The Morgan fingerprint density at radius 3 is 2.17 bits per heavy atom. The van der Waals surface area contributed by atoms with Crippen LogP contribution in [0.1, 0.15) is 25.5 Å². The largest absolute Gasteiger partial charge is 0.491 e. The Bertz CT molecular complexity index is 358. The van der Waals surface area contributed by atoms with Crippen LogP contribution >= 0.6 is 12.4 Å². The molecule has 0 aliphatic carbocycles. The Labute approximate surface area is 111 Å². The van der Waals surface area contributed by atoms with E-state index in [1.807, 2.05) is 13.8 Å². The van der Waals surface area contributed by atoms with Gasteiger partial charge in [-0.3, -0.25) is 0 Å². The molecule has 6 heteroatoms. The van der Waals surface area contributed by atoms with E-state index in [1.54, 1.807) is 12.1 Å². The van der Waals surface area contributed by atoms with E-state index in [1.165, 1.54) is 12.1 Å². The third-order valence-corrected chi connectivity index (χ3v) is 2.28. The number of benzene rings is 1. The fraction of sp³-hybridized carbons (Fsp3) is 0.500. The van der Waals surface area contributed by atoms with Gasteiger partial charge in [-0.15, -0.1) is 12.4 Å². The zero-order chi connectivity index (χ0) is 13.1. The maximum Gasteiger partial charge on any atom is 0.289 e. The van der Waals surface area contributed by atoms with Crippen LogP contribution in [0.3, 0.4) is 0 Å². The van der Waals surface area contributed by atoms with Gasteiger partial charge in [-0.2, -0.15) is 0 Å². The van der Waals surface area contributed by atoms with E-state index >= 15 is 0 Å². The highest BCUT2D eigenvalue weighted by Crippen LogP contribution is 2.29. The second kappa shape index (κ2) is 6.87. The number of aliphatic hydroxyl groups excluding tert-OH is 1. The predicted octanol–water partition coefficient (Wildman–Crippen LogP) is 2.52. The predicted molar refractivity (Wildman–Crippen MR) is 68.4 cm³/mol. The van der Waals surface area contributed by atoms with Crippen LogP contribution in [0, 0.1) is 0 Å². The molecule has 0 saturated carbocycles. The van der Waals surface area contributed by atoms with Crippen molar-refractivity contribution >= 4 is 12.4 Å². The van der Waals surface area contributed by atoms with Crippen molar-refractivity contribution in [3.8, 4) is 5.75 Å². The third-order valence-electron chi connectivity index (χ3n) is 2.28. The fourth-order valence-electron chi connectivity index (χ4n) is 1.37. The van der Waals surface area contributed by atoms with Gasteiger partial charge in [0.15, 0.2) is 0 Å². The molecule has 3 nitrogen and oxygen atoms in total. The molecule has 0 heterocycles. The van der Waals surface area contributed by atoms with E-state index in [0.717, 1.165) is 0 Å². The van der Waals surface area contributed by atoms with E-state index in [9.17, 15) is 8.78 Å². The van der Waals surface area contributed by atoms with Crippen molar-refractivity contribution < 1.29 is 18.6 Å². The summed E-state index contributed by atoms with van der Waals surface area (Å²) < 4.78 is 31.7. The van der Waals surface area contributed by atoms with Crippen LogP contribution in [0.15, 0.2) is 24.3 Å². The van der Waals surface area contributed by atoms with Crippen molar-refractivity contribution in [1.29, 1.82) is 0 Å². The van der Waals surface area contributed by atoms with E-state index < -0.39 is 18.6 Å². The monoisotopic (exact) mass is 281 g/mol. The summed E-state index contributed by atoms with van der Waals surface area (Å²) in [6.45, 7) is 2.48. The molecule has 0 bridgehead atoms. The molecule has 0 radical (unpaired) electrons. The number of nitrogens with two attached hydrogens (primary N) is 1. The van der Waals surface area contributed by atoms with Crippen LogP contribution in [0.5, 0.6) is 5.75 Å². The lowest BCUT2D eigenvalue weighted by Gasteiger charge is -2.22. The topological polar surface area (TPSA) is 55.5 Å². The third kappa shape index (κ3) is 4.40. The van der Waals surface area contributed by atoms with E-state index in [0.29, 0.717) is 5.75 Å². The number of hydrogen-bond acceptors (Lipinski definition) is 3. The molecule has 104 valence electrons. The van der Waals surface area contributed by atoms with Crippen LogP contribution in [-0.2, 0) is 0 Å². The first-order valence-electron chi connectivity index (χ1n) is 5.37. The molecule has 18 heavy (non-hydrogen) atoms. The quantitative estimate of drug-likeness (QED) is 0.872. The minimum atomic E-state index is -3.32. The molecule has 0 unspecified atom stereocenters. The van der Waals surface area contributed by atoms with Gasteiger partial charge in [-0.1, -0.05) is 12.1 Å². The Kier molecular flexibility index (Phi) is 6.52. The van der Waals surface area contributed by atoms with Crippen molar-refractivity contribution in [2.24, 2.45) is 5.73 Å². The molecular formula is C12H18ClF2NO2. The lowest BCUT2D eigenvalue weighted by atomic mass is 10.0. The number of rotatable bonds is 5. The van der Waals surface area contributed by atoms with Crippen LogP contribution in [0.4, 0.5) is 8.78 Å². The van der Waals surface area contributed by atoms with Gasteiger partial charge in [0.2, 0.25) is 0 Å². The van der Waals surface area contributed by atoms with Gasteiger partial charge in [0.05, 0.1) is 12.1 Å². The average Bonchev–Trinajstić information content (AvgIpc) is 2.28. The molecule has 1 atom stereocenters. The molecule has 0 aliphatic rings. The fourth-order valence-corrected chi connectivity index (χ4v) is 1.37. The van der Waals surface area contributed by atoms with Crippen molar-refractivity contribution in [2.45, 2.75) is 31.9 Å². The molecule has 1 rings (SSSR count). The summed E-state index contributed by atoms with van der Waals surface area (Å²) in [6.07, 6.45) is 0.0217. The minimum Gasteiger partial charge on any atom is -0.491 e. The van der Waals surface area contributed by atoms with Crippen molar-refractivity contribution in [1.82, 2.24) is 0 Å². The lowest BCUT2D eigenvalue weighted by molar-refractivity contribution is -0.0711. The van der Waals surface area contributed by atoms with Gasteiger partial charge >= 0.3 is 0 Å². The SMILES string of the molecule is CC(C)Oc1ccc([C@H](N)C(F)(F)CO)cc1.Cl. The molecule has 0 fully saturated rings. The van der Waals surface area contributed by atoms with Crippen molar-refractivity contribution in [3.05, 3.63) is 29.8 Å². The summed E-state index contributed by atoms with van der Waals surface area (Å²) in [5, 5.41) is 8.54. The second-order valence-electron chi connectivity index (χ2n) is 4.13. The zero-order valence-corrected chi connectivity index (χ0v) is 11.1. The average molecular weight is 282 g/mol. The Balaban J connectivity index is 0.00000289. The first-order chi connectivity index (χ1) is 7.86. The molecule has 0 spiro atoms. The molecule has 0 aromatic heterocycles. The van der Waals surface area contributed by atoms with Crippen LogP contribution < -0.4 is 10.5 Å². The summed E-state index contributed by atoms with van der Waals surface area (Å²) in [5.74, 6) is -2.72. The maximum atomic E-state index is 13.1. The van der Waals surface area contributed by atoms with Gasteiger partial charge in [0.1, 0.15) is 12.4 Å². The molecule has 0 amide bonds. The van der Waals surface area contributed by atoms with Gasteiger partial charge in [0.25, 0.3) is 5.92 Å². The summed E-state index contributed by atoms with van der Waals surface area (Å²) >= 11 is 0. The smallest absolute Gasteiger partial charge is 0.289 e. The van der Waals surface area contributed by atoms with Gasteiger partial charge < -0.3 is 15.6 Å². The molecule has 1 aromatic rings. The zero-order valence-electron chi connectivity index (χ0n) is 10.3. The maximum absolute atomic E-state index is 13.1. The Morgan fingerprint density at radius 2 is 1.78 bits per heavy atom. The standard InChI is InChI=1S/C12H17F2NO2.ClH/c1-8(2)17-10-5-3-9(4-6-10)11(15)12(13,14)7-16;/h3-6,8,11,16H,7,15H2,1-2H3;1H/t11-;/m0./s1. The minimum absolute atomic E-state index is 0. The summed E-state index contributed by atoms with van der Waals surface area (Å²) in [6, 6.07) is 4.61. The summed E-state index contributed by atoms with van der Waals surface area (Å²) in [4.78, 5) is 0. The van der Waals surface area contributed by atoms with Gasteiger partial charge in [-0.05, 0) is 31.5 Å². The first kappa shape index (κ1) is 17.1. The number of halogens is 3. The summed E-state index contributed by atoms with van der Waals surface area (Å²) in [7, 11) is 0. The molecule has 1 aromatic carbocycles. The van der Waals surface area contributed by atoms with Gasteiger partial charge in [0, 0.05) is 0 Å². The molecule has 0 aliphatic heterocycles.